The van der Waals surface area contributed by atoms with Crippen molar-refractivity contribution in [2.45, 2.75) is 85.3 Å². The summed E-state index contributed by atoms with van der Waals surface area (Å²) < 4.78 is 119. The first-order valence-corrected chi connectivity index (χ1v) is 16.0. The normalized spacial score (nSPS) is 27.3. The highest BCUT2D eigenvalue weighted by molar-refractivity contribution is 7.86. The molecule has 1 amide bonds. The third kappa shape index (κ3) is 5.95. The number of hydrogen-bond acceptors (Lipinski definition) is 5. The second-order valence-electron chi connectivity index (χ2n) is 12.7. The van der Waals surface area contributed by atoms with E-state index in [9.17, 15) is 44.5 Å². The van der Waals surface area contributed by atoms with E-state index in [1.807, 2.05) is 13.8 Å². The van der Waals surface area contributed by atoms with Gasteiger partial charge in [-0.25, -0.2) is 4.39 Å². The van der Waals surface area contributed by atoms with Gasteiger partial charge in [0.05, 0.1) is 34.2 Å². The van der Waals surface area contributed by atoms with Gasteiger partial charge in [0, 0.05) is 29.5 Å². The van der Waals surface area contributed by atoms with E-state index in [1.165, 1.54) is 12.0 Å². The fourth-order valence-electron chi connectivity index (χ4n) is 6.71. The maximum atomic E-state index is 14.8. The minimum atomic E-state index is -6.28. The molecule has 2 aromatic rings. The van der Waals surface area contributed by atoms with Gasteiger partial charge in [-0.15, -0.1) is 0 Å². The van der Waals surface area contributed by atoms with Gasteiger partial charge in [-0.05, 0) is 69.2 Å². The number of hydrogen-bond donors (Lipinski definition) is 0. The zero-order valence-corrected chi connectivity index (χ0v) is 26.2. The van der Waals surface area contributed by atoms with Gasteiger partial charge >= 0.3 is 24.0 Å². The van der Waals surface area contributed by atoms with Crippen LogP contribution in [0, 0.1) is 11.8 Å². The lowest BCUT2D eigenvalue weighted by atomic mass is 9.81. The summed E-state index contributed by atoms with van der Waals surface area (Å²) in [5.74, 6) is -1.32. The zero-order chi connectivity index (χ0) is 33.9. The number of carbonyl (C=O) groups is 2. The van der Waals surface area contributed by atoms with Crippen molar-refractivity contribution in [1.82, 2.24) is 4.90 Å². The van der Waals surface area contributed by atoms with Crippen molar-refractivity contribution in [3.05, 3.63) is 65.2 Å². The molecule has 3 aliphatic rings. The van der Waals surface area contributed by atoms with Gasteiger partial charge in [0.15, 0.2) is 0 Å². The number of likely N-dealkylation sites (tertiary alicyclic amines) is 1. The van der Waals surface area contributed by atoms with Crippen LogP contribution in [0.1, 0.15) is 68.7 Å². The topological polar surface area (TPSA) is 76.2 Å². The number of benzene rings is 2. The van der Waals surface area contributed by atoms with E-state index in [2.05, 4.69) is 0 Å². The number of amides is 1. The highest BCUT2D eigenvalue weighted by atomic mass is 32.2. The summed E-state index contributed by atoms with van der Waals surface area (Å²) in [5.41, 5.74) is -6.85. The lowest BCUT2D eigenvalue weighted by molar-refractivity contribution is -0.348. The molecule has 3 atom stereocenters. The number of methoxy groups -OCH3 is 1. The van der Waals surface area contributed by atoms with Gasteiger partial charge in [-0.1, -0.05) is 36.4 Å². The van der Waals surface area contributed by atoms with Gasteiger partial charge in [-0.3, -0.25) is 13.8 Å². The highest BCUT2D eigenvalue weighted by Gasteiger charge is 2.73. The van der Waals surface area contributed by atoms with Gasteiger partial charge in [0.2, 0.25) is 5.91 Å². The number of esters is 1. The Kier molecular flexibility index (Phi) is 8.89. The molecule has 0 bridgehead atoms. The summed E-state index contributed by atoms with van der Waals surface area (Å²) in [4.78, 5) is 27.4. The van der Waals surface area contributed by atoms with Crippen LogP contribution in [0.4, 0.5) is 30.7 Å². The quantitative estimate of drug-likeness (QED) is 0.179. The Morgan fingerprint density at radius 1 is 0.913 bits per heavy atom. The molecule has 6 nitrogen and oxygen atoms in total. The Morgan fingerprint density at radius 3 is 2.00 bits per heavy atom. The van der Waals surface area contributed by atoms with Crippen LogP contribution in [0.5, 0.6) is 0 Å². The van der Waals surface area contributed by atoms with Crippen LogP contribution in [-0.4, -0.2) is 59.1 Å². The second kappa shape index (κ2) is 11.9. The molecule has 1 saturated carbocycles. The van der Waals surface area contributed by atoms with E-state index in [-0.39, 0.29) is 49.0 Å². The zero-order valence-electron chi connectivity index (χ0n) is 25.3. The first-order chi connectivity index (χ1) is 21.4. The van der Waals surface area contributed by atoms with Crippen molar-refractivity contribution < 1.29 is 54.0 Å². The lowest BCUT2D eigenvalue weighted by Crippen LogP contribution is -2.50. The first kappa shape index (κ1) is 34.3. The monoisotopic (exact) mass is 677 g/mol. The molecule has 0 radical (unpaired) electrons. The van der Waals surface area contributed by atoms with Gasteiger partial charge in [0.25, 0.3) is 0 Å². The summed E-state index contributed by atoms with van der Waals surface area (Å²) in [5, 5.41) is 0. The summed E-state index contributed by atoms with van der Waals surface area (Å²) in [7, 11) is -0.663. The van der Waals surface area contributed by atoms with Crippen LogP contribution in [0.25, 0.3) is 0 Å². The Bertz CT molecular complexity index is 1490. The Hall–Kier alpha value is -3.00. The molecule has 5 rings (SSSR count). The number of alkyl halides is 7. The largest absolute Gasteiger partial charge is 0.469 e. The number of rotatable bonds is 7. The fraction of sp³-hybridized carbons (Fsp3) is 0.562. The van der Waals surface area contributed by atoms with Crippen molar-refractivity contribution in [3.8, 4) is 0 Å². The predicted molar refractivity (Wildman–Crippen MR) is 152 cm³/mol. The number of carbonyl (C=O) groups excluding carboxylic acids is 2. The van der Waals surface area contributed by atoms with Crippen molar-refractivity contribution in [2.75, 3.05) is 20.2 Å². The molecule has 0 aromatic heterocycles. The van der Waals surface area contributed by atoms with E-state index >= 15 is 0 Å². The fourth-order valence-corrected chi connectivity index (χ4v) is 8.51. The Labute approximate surface area is 264 Å². The molecule has 2 saturated heterocycles. The molecule has 0 spiro atoms. The first-order valence-electron chi connectivity index (χ1n) is 14.9. The van der Waals surface area contributed by atoms with E-state index < -0.39 is 50.7 Å². The van der Waals surface area contributed by atoms with Crippen molar-refractivity contribution in [2.24, 2.45) is 11.8 Å². The molecular formula is C32H34F7NO5S. The van der Waals surface area contributed by atoms with Gasteiger partial charge < -0.3 is 14.4 Å². The molecular weight excluding hydrogens is 643 g/mol. The van der Waals surface area contributed by atoms with Crippen LogP contribution >= 0.6 is 0 Å². The van der Waals surface area contributed by atoms with E-state index in [0.717, 1.165) is 17.7 Å². The average molecular weight is 678 g/mol. The average Bonchev–Trinajstić information content (AvgIpc) is 3.43. The lowest BCUT2D eigenvalue weighted by Gasteiger charge is -2.33. The van der Waals surface area contributed by atoms with Crippen molar-refractivity contribution in [1.29, 1.82) is 0 Å². The van der Waals surface area contributed by atoms with E-state index in [4.69, 9.17) is 9.47 Å². The van der Waals surface area contributed by atoms with E-state index in [1.54, 1.807) is 24.3 Å². The summed E-state index contributed by atoms with van der Waals surface area (Å²) in [6.45, 7) is 3.76. The molecule has 2 aromatic carbocycles. The highest BCUT2D eigenvalue weighted by Crippen LogP contribution is 2.54. The minimum absolute atomic E-state index is 0.0805. The van der Waals surface area contributed by atoms with Crippen molar-refractivity contribution >= 4 is 22.7 Å². The van der Waals surface area contributed by atoms with Crippen LogP contribution in [0.2, 0.25) is 0 Å². The molecule has 0 N–H and O–H groups in total. The Balaban J connectivity index is 1.49. The molecule has 2 heterocycles. The molecule has 1 aliphatic carbocycles. The maximum Gasteiger partial charge on any atom is 0.435 e. The number of nitrogens with zero attached hydrogens (tertiary/aromatic N) is 1. The summed E-state index contributed by atoms with van der Waals surface area (Å²) in [6, 6.07) is 9.48. The maximum absolute atomic E-state index is 14.8. The number of epoxide rings is 1. The molecule has 2 aliphatic heterocycles. The minimum Gasteiger partial charge on any atom is -0.469 e. The van der Waals surface area contributed by atoms with Gasteiger partial charge in [-0.2, -0.15) is 26.3 Å². The second-order valence-corrected chi connectivity index (χ2v) is 14.5. The molecule has 46 heavy (non-hydrogen) atoms. The van der Waals surface area contributed by atoms with Crippen LogP contribution in [-0.2, 0) is 40.3 Å². The van der Waals surface area contributed by atoms with Crippen LogP contribution < -0.4 is 0 Å². The van der Waals surface area contributed by atoms with Crippen LogP contribution in [0.3, 0.4) is 0 Å². The summed E-state index contributed by atoms with van der Waals surface area (Å²) in [6.07, 6.45) is -11.0. The number of halogens is 7. The Morgan fingerprint density at radius 2 is 1.48 bits per heavy atom. The smallest absolute Gasteiger partial charge is 0.435 e. The molecule has 252 valence electrons. The van der Waals surface area contributed by atoms with Crippen molar-refractivity contribution in [3.63, 3.8) is 0 Å². The third-order valence-electron chi connectivity index (χ3n) is 9.47. The SMILES string of the molecule is COC(=O)C1CCC(C(=O)N2CCC(c3ccc(C(F)(C(F)(F)F)C(F)(F)F)cc3)(S(=O)c3cccc(C4OC4(C)C)c3)C2)CC1. The van der Waals surface area contributed by atoms with E-state index in [0.29, 0.717) is 42.7 Å². The number of ether oxygens (including phenoxy) is 2. The van der Waals surface area contributed by atoms with Crippen LogP contribution in [0.15, 0.2) is 53.4 Å². The standard InChI is InChI=1S/C32H34F7NO5S/c1-28(2)25(45-28)21-5-4-6-24(17-21)46(43)29(22-11-13-23(14-12-22)30(33,31(34,35)36)32(37,38)39)15-16-40(18-29)26(41)19-7-9-20(10-8-19)27(42)44-3/h4-6,11-14,17,19-20,25H,7-10,15-16,18H2,1-3H3. The molecule has 3 fully saturated rings. The predicted octanol–water partition coefficient (Wildman–Crippen LogP) is 7.04. The van der Waals surface area contributed by atoms with Gasteiger partial charge in [0.1, 0.15) is 6.10 Å². The molecule has 3 unspecified atom stereocenters. The summed E-state index contributed by atoms with van der Waals surface area (Å²) >= 11 is 0. The molecule has 14 heteroatoms. The third-order valence-corrected chi connectivity index (χ3v) is 11.4.